The number of aromatic amines is 1. The average molecular weight is 503 g/mol. The molecule has 4 N–H and O–H groups in total. The zero-order valence-electron chi connectivity index (χ0n) is 20.7. The van der Waals surface area contributed by atoms with E-state index in [1.54, 1.807) is 0 Å². The summed E-state index contributed by atoms with van der Waals surface area (Å²) in [6.45, 7) is 2.49. The van der Waals surface area contributed by atoms with Gasteiger partial charge in [0.25, 0.3) is 0 Å². The molecule has 1 unspecified atom stereocenters. The van der Waals surface area contributed by atoms with Crippen LogP contribution in [0.1, 0.15) is 63.2 Å². The van der Waals surface area contributed by atoms with Crippen LogP contribution in [0.4, 0.5) is 5.82 Å². The number of aromatic nitrogens is 7. The first kappa shape index (κ1) is 22.6. The van der Waals surface area contributed by atoms with E-state index in [1.165, 1.54) is 6.33 Å². The van der Waals surface area contributed by atoms with E-state index < -0.39 is 5.60 Å². The molecule has 0 spiro atoms. The molecule has 192 valence electrons. The highest BCUT2D eigenvalue weighted by atomic mass is 16.6. The van der Waals surface area contributed by atoms with Crippen molar-refractivity contribution >= 4 is 16.9 Å². The minimum atomic E-state index is -0.918. The van der Waals surface area contributed by atoms with E-state index in [4.69, 9.17) is 15.2 Å². The molecular formula is C26H30N8O3. The Morgan fingerprint density at radius 2 is 2.11 bits per heavy atom. The van der Waals surface area contributed by atoms with Crippen molar-refractivity contribution in [2.75, 3.05) is 12.3 Å². The predicted octanol–water partition coefficient (Wildman–Crippen LogP) is 3.15. The van der Waals surface area contributed by atoms with Crippen LogP contribution in [-0.4, -0.2) is 64.2 Å². The van der Waals surface area contributed by atoms with Crippen LogP contribution in [0.2, 0.25) is 0 Å². The molecule has 11 heteroatoms. The molecule has 5 heterocycles. The van der Waals surface area contributed by atoms with Crippen LogP contribution < -0.4 is 10.5 Å². The number of nitrogens with two attached hydrogens (primary N) is 1. The van der Waals surface area contributed by atoms with E-state index in [0.29, 0.717) is 37.2 Å². The molecule has 3 fully saturated rings. The molecule has 2 saturated heterocycles. The first-order chi connectivity index (χ1) is 17.9. The zero-order valence-corrected chi connectivity index (χ0v) is 20.7. The van der Waals surface area contributed by atoms with Gasteiger partial charge in [0.15, 0.2) is 5.82 Å². The number of ether oxygens (including phenoxy) is 2. The number of aliphatic hydroxyl groups is 1. The average Bonchev–Trinajstić information content (AvgIpc) is 3.69. The quantitative estimate of drug-likeness (QED) is 0.346. The molecule has 7 rings (SSSR count). The Morgan fingerprint density at radius 3 is 2.84 bits per heavy atom. The van der Waals surface area contributed by atoms with Gasteiger partial charge in [0.05, 0.1) is 17.1 Å². The molecule has 1 atom stereocenters. The summed E-state index contributed by atoms with van der Waals surface area (Å²) in [7, 11) is 0. The van der Waals surface area contributed by atoms with Gasteiger partial charge in [-0.3, -0.25) is 0 Å². The minimum Gasteiger partial charge on any atom is -0.491 e. The summed E-state index contributed by atoms with van der Waals surface area (Å²) in [4.78, 5) is 8.84. The Kier molecular flexibility index (Phi) is 5.02. The fourth-order valence-corrected chi connectivity index (χ4v) is 6.36. The third kappa shape index (κ3) is 3.67. The number of hydrogen-bond acceptors (Lipinski definition) is 9. The molecule has 1 saturated carbocycles. The molecule has 0 amide bonds. The Morgan fingerprint density at radius 1 is 1.27 bits per heavy atom. The molecule has 1 aromatic carbocycles. The molecule has 0 radical (unpaired) electrons. The highest BCUT2D eigenvalue weighted by Gasteiger charge is 2.50. The third-order valence-electron chi connectivity index (χ3n) is 8.67. The topological polar surface area (TPSA) is 150 Å². The number of nitrogen functional groups attached to an aromatic ring is 1. The van der Waals surface area contributed by atoms with Gasteiger partial charge in [0.2, 0.25) is 0 Å². The van der Waals surface area contributed by atoms with Crippen LogP contribution in [0, 0.1) is 0 Å². The fourth-order valence-electron chi connectivity index (χ4n) is 6.36. The lowest BCUT2D eigenvalue weighted by Crippen LogP contribution is -2.48. The van der Waals surface area contributed by atoms with Gasteiger partial charge in [-0.1, -0.05) is 24.3 Å². The van der Waals surface area contributed by atoms with Gasteiger partial charge in [-0.2, -0.15) is 5.21 Å². The SMILES string of the molecule is CC(c1nn[nH]n1)C1(O)CC(n2cc(-c3cccc(OCC45CCC(CC4)O5)c3)c3c(N)ncnc32)C1. The first-order valence-electron chi connectivity index (χ1n) is 12.9. The van der Waals surface area contributed by atoms with Crippen LogP contribution in [0.15, 0.2) is 36.8 Å². The number of benzene rings is 1. The van der Waals surface area contributed by atoms with Gasteiger partial charge in [0, 0.05) is 23.7 Å². The van der Waals surface area contributed by atoms with Crippen LogP contribution in [0.5, 0.6) is 5.75 Å². The van der Waals surface area contributed by atoms with Crippen molar-refractivity contribution in [1.82, 2.24) is 35.2 Å². The van der Waals surface area contributed by atoms with Gasteiger partial charge >= 0.3 is 0 Å². The van der Waals surface area contributed by atoms with E-state index in [-0.39, 0.29) is 17.6 Å². The van der Waals surface area contributed by atoms with Crippen LogP contribution in [0.25, 0.3) is 22.2 Å². The maximum Gasteiger partial charge on any atom is 0.180 e. The van der Waals surface area contributed by atoms with Gasteiger partial charge in [0.1, 0.15) is 35.7 Å². The van der Waals surface area contributed by atoms with E-state index in [0.717, 1.165) is 53.6 Å². The van der Waals surface area contributed by atoms with Gasteiger partial charge in [-0.15, -0.1) is 10.2 Å². The summed E-state index contributed by atoms with van der Waals surface area (Å²) in [5.74, 6) is 1.50. The summed E-state index contributed by atoms with van der Waals surface area (Å²) < 4.78 is 14.5. The second kappa shape index (κ2) is 8.22. The lowest BCUT2D eigenvalue weighted by Gasteiger charge is -2.47. The first-order valence-corrected chi connectivity index (χ1v) is 12.9. The Hall–Kier alpha value is -3.57. The second-order valence-corrected chi connectivity index (χ2v) is 10.9. The highest BCUT2D eigenvalue weighted by molar-refractivity contribution is 6.00. The molecule has 11 nitrogen and oxygen atoms in total. The number of anilines is 1. The van der Waals surface area contributed by atoms with Gasteiger partial charge in [-0.05, 0) is 56.2 Å². The van der Waals surface area contributed by atoms with Crippen LogP contribution >= 0.6 is 0 Å². The lowest BCUT2D eigenvalue weighted by atomic mass is 9.68. The van der Waals surface area contributed by atoms with Crippen LogP contribution in [0.3, 0.4) is 0 Å². The number of hydrogen-bond donors (Lipinski definition) is 3. The van der Waals surface area contributed by atoms with Crippen molar-refractivity contribution < 1.29 is 14.6 Å². The van der Waals surface area contributed by atoms with Crippen molar-refractivity contribution in [1.29, 1.82) is 0 Å². The predicted molar refractivity (Wildman–Crippen MR) is 135 cm³/mol. The maximum atomic E-state index is 11.2. The van der Waals surface area contributed by atoms with E-state index in [2.05, 4.69) is 41.4 Å². The molecule has 3 aliphatic rings. The van der Waals surface area contributed by atoms with E-state index >= 15 is 0 Å². The number of fused-ring (bicyclic) bond motifs is 3. The Balaban J connectivity index is 1.17. The highest BCUT2D eigenvalue weighted by Crippen LogP contribution is 2.50. The van der Waals surface area contributed by atoms with Crippen LogP contribution in [-0.2, 0) is 4.74 Å². The maximum absolute atomic E-state index is 11.2. The molecule has 37 heavy (non-hydrogen) atoms. The minimum absolute atomic E-state index is 0.0539. The van der Waals surface area contributed by atoms with Crippen molar-refractivity contribution in [2.45, 2.75) is 74.7 Å². The Bertz CT molecular complexity index is 1440. The molecule has 2 bridgehead atoms. The molecule has 3 aromatic heterocycles. The van der Waals surface area contributed by atoms with Crippen molar-refractivity contribution in [3.8, 4) is 16.9 Å². The fraction of sp³-hybridized carbons (Fsp3) is 0.500. The van der Waals surface area contributed by atoms with Gasteiger partial charge in [-0.25, -0.2) is 9.97 Å². The molecule has 1 aliphatic carbocycles. The number of tetrazole rings is 1. The third-order valence-corrected chi connectivity index (χ3v) is 8.67. The number of nitrogens with zero attached hydrogens (tertiary/aromatic N) is 6. The molecule has 4 aromatic rings. The van der Waals surface area contributed by atoms with Crippen molar-refractivity contribution in [3.63, 3.8) is 0 Å². The number of H-pyrrole nitrogens is 1. The van der Waals surface area contributed by atoms with Crippen molar-refractivity contribution in [2.24, 2.45) is 0 Å². The molecular weight excluding hydrogens is 472 g/mol. The lowest BCUT2D eigenvalue weighted by molar-refractivity contribution is -0.0855. The normalized spacial score (nSPS) is 29.5. The largest absolute Gasteiger partial charge is 0.491 e. The van der Waals surface area contributed by atoms with Crippen molar-refractivity contribution in [3.05, 3.63) is 42.6 Å². The zero-order chi connectivity index (χ0) is 25.2. The monoisotopic (exact) mass is 502 g/mol. The second-order valence-electron chi connectivity index (χ2n) is 10.9. The standard InChI is InChI=1S/C26H30N8O3/c1-15(23-30-32-33-31-23)26(35)10-17(11-26)34-12-20(21-22(27)28-14-29-24(21)34)16-3-2-4-19(9-16)36-13-25-7-5-18(37-25)6-8-25/h2-4,9,12,14-15,17-18,35H,5-8,10-11,13H2,1H3,(H2,27,28,29)(H,30,31,32,33). The Labute approximate surface area is 213 Å². The smallest absolute Gasteiger partial charge is 0.180 e. The number of rotatable bonds is 7. The summed E-state index contributed by atoms with van der Waals surface area (Å²) in [6, 6.07) is 8.11. The summed E-state index contributed by atoms with van der Waals surface area (Å²) in [5.41, 5.74) is 7.99. The number of nitrogens with one attached hydrogen (secondary N) is 1. The van der Waals surface area contributed by atoms with E-state index in [9.17, 15) is 5.11 Å². The van der Waals surface area contributed by atoms with E-state index in [1.807, 2.05) is 31.2 Å². The molecule has 2 aliphatic heterocycles. The van der Waals surface area contributed by atoms with Gasteiger partial charge < -0.3 is 24.9 Å². The summed E-state index contributed by atoms with van der Waals surface area (Å²) >= 11 is 0. The summed E-state index contributed by atoms with van der Waals surface area (Å²) in [6.07, 6.45) is 9.44. The summed E-state index contributed by atoms with van der Waals surface area (Å²) in [5, 5.41) is 26.3.